The fourth-order valence-electron chi connectivity index (χ4n) is 2.95. The van der Waals surface area contributed by atoms with Crippen molar-refractivity contribution in [1.29, 1.82) is 0 Å². The Morgan fingerprint density at radius 1 is 1.00 bits per heavy atom. The highest BCUT2D eigenvalue weighted by atomic mass is 127. The molecular formula is C21H22INO4. The van der Waals surface area contributed by atoms with Crippen LogP contribution in [0.5, 0.6) is 0 Å². The molecule has 0 aliphatic carbocycles. The molecule has 0 unspecified atom stereocenters. The average Bonchev–Trinajstić information content (AvgIpc) is 2.64. The number of benzene rings is 1. The number of ether oxygens (including phenoxy) is 2. The molecule has 1 heterocycles. The van der Waals surface area contributed by atoms with E-state index in [4.69, 9.17) is 9.47 Å². The summed E-state index contributed by atoms with van der Waals surface area (Å²) in [5, 5.41) is 3.11. The van der Waals surface area contributed by atoms with Crippen LogP contribution >= 0.6 is 22.6 Å². The second-order valence-electron chi connectivity index (χ2n) is 5.96. The Kier molecular flexibility index (Phi) is 7.41. The third-order valence-corrected chi connectivity index (χ3v) is 4.79. The fraction of sp³-hybridized carbons (Fsp3) is 0.238. The van der Waals surface area contributed by atoms with Crippen LogP contribution in [-0.2, 0) is 19.1 Å². The molecular weight excluding hydrogens is 457 g/mol. The zero-order chi connectivity index (χ0) is 20.0. The number of carbonyl (C=O) groups is 2. The van der Waals surface area contributed by atoms with Crippen molar-refractivity contribution in [3.8, 4) is 0 Å². The molecule has 0 atom stereocenters. The highest BCUT2D eigenvalue weighted by Gasteiger charge is 2.37. The van der Waals surface area contributed by atoms with Gasteiger partial charge in [-0.25, -0.2) is 9.59 Å². The molecule has 1 N–H and O–H groups in total. The molecule has 27 heavy (non-hydrogen) atoms. The van der Waals surface area contributed by atoms with E-state index in [1.54, 1.807) is 13.8 Å². The summed E-state index contributed by atoms with van der Waals surface area (Å²) in [5.74, 6) is -1.58. The monoisotopic (exact) mass is 479 g/mol. The largest absolute Gasteiger partial charge is 0.458 e. The highest BCUT2D eigenvalue weighted by molar-refractivity contribution is 14.1. The summed E-state index contributed by atoms with van der Waals surface area (Å²) in [7, 11) is 0. The van der Waals surface area contributed by atoms with Crippen LogP contribution in [0.1, 0.15) is 25.3 Å². The number of esters is 2. The van der Waals surface area contributed by atoms with E-state index in [0.717, 1.165) is 9.13 Å². The van der Waals surface area contributed by atoms with Crippen LogP contribution in [-0.4, -0.2) is 25.2 Å². The Labute approximate surface area is 173 Å². The molecule has 1 aromatic carbocycles. The van der Waals surface area contributed by atoms with Gasteiger partial charge in [-0.05, 0) is 54.1 Å². The van der Waals surface area contributed by atoms with Crippen LogP contribution in [0.4, 0.5) is 0 Å². The normalized spacial score (nSPS) is 14.5. The SMILES string of the molecule is C=CCOC(=O)C1=C(C)NC(C)=C(C(=O)OCC=C)C1c1ccc(I)cc1. The van der Waals surface area contributed by atoms with Crippen LogP contribution in [0.25, 0.3) is 0 Å². The van der Waals surface area contributed by atoms with Gasteiger partial charge in [0.25, 0.3) is 0 Å². The minimum absolute atomic E-state index is 0.0912. The summed E-state index contributed by atoms with van der Waals surface area (Å²) in [6, 6.07) is 7.67. The van der Waals surface area contributed by atoms with Gasteiger partial charge in [-0.1, -0.05) is 37.4 Å². The zero-order valence-corrected chi connectivity index (χ0v) is 17.5. The van der Waals surface area contributed by atoms with Crippen LogP contribution in [0.2, 0.25) is 0 Å². The lowest BCUT2D eigenvalue weighted by molar-refractivity contribution is -0.138. The number of nitrogens with one attached hydrogen (secondary N) is 1. The van der Waals surface area contributed by atoms with Gasteiger partial charge in [0, 0.05) is 15.0 Å². The van der Waals surface area contributed by atoms with Gasteiger partial charge in [0.05, 0.1) is 17.1 Å². The molecule has 0 saturated heterocycles. The van der Waals surface area contributed by atoms with Crippen LogP contribution in [0, 0.1) is 3.57 Å². The number of dihydropyridines is 1. The van der Waals surface area contributed by atoms with E-state index in [1.807, 2.05) is 24.3 Å². The van der Waals surface area contributed by atoms with E-state index in [0.29, 0.717) is 22.5 Å². The molecule has 0 spiro atoms. The summed E-state index contributed by atoms with van der Waals surface area (Å²) in [6.45, 7) is 10.9. The van der Waals surface area contributed by atoms with Crippen molar-refractivity contribution in [2.45, 2.75) is 19.8 Å². The van der Waals surface area contributed by atoms with Crippen molar-refractivity contribution >= 4 is 34.5 Å². The van der Waals surface area contributed by atoms with Crippen molar-refractivity contribution in [3.63, 3.8) is 0 Å². The number of carbonyl (C=O) groups excluding carboxylic acids is 2. The maximum atomic E-state index is 12.7. The van der Waals surface area contributed by atoms with E-state index < -0.39 is 17.9 Å². The third kappa shape index (κ3) is 4.88. The summed E-state index contributed by atoms with van der Waals surface area (Å²) in [5.41, 5.74) is 2.87. The fourth-order valence-corrected chi connectivity index (χ4v) is 3.31. The van der Waals surface area contributed by atoms with Gasteiger partial charge >= 0.3 is 11.9 Å². The molecule has 0 aromatic heterocycles. The second kappa shape index (κ2) is 9.55. The lowest BCUT2D eigenvalue weighted by Crippen LogP contribution is -2.32. The molecule has 1 aromatic rings. The van der Waals surface area contributed by atoms with Gasteiger partial charge in [0.2, 0.25) is 0 Å². The second-order valence-corrected chi connectivity index (χ2v) is 7.21. The number of halogens is 1. The van der Waals surface area contributed by atoms with Gasteiger partial charge in [0.1, 0.15) is 13.2 Å². The van der Waals surface area contributed by atoms with E-state index in [1.165, 1.54) is 12.2 Å². The van der Waals surface area contributed by atoms with Crippen molar-refractivity contribution in [2.24, 2.45) is 0 Å². The van der Waals surface area contributed by atoms with Crippen LogP contribution in [0.3, 0.4) is 0 Å². The Morgan fingerprint density at radius 2 is 1.44 bits per heavy atom. The first-order valence-electron chi connectivity index (χ1n) is 8.40. The molecule has 6 heteroatoms. The van der Waals surface area contributed by atoms with Crippen molar-refractivity contribution in [1.82, 2.24) is 5.32 Å². The van der Waals surface area contributed by atoms with Gasteiger partial charge in [-0.15, -0.1) is 0 Å². The molecule has 0 radical (unpaired) electrons. The molecule has 0 fully saturated rings. The summed E-state index contributed by atoms with van der Waals surface area (Å²) >= 11 is 2.21. The van der Waals surface area contributed by atoms with Gasteiger partial charge < -0.3 is 14.8 Å². The standard InChI is InChI=1S/C21H22INO4/c1-5-11-26-20(24)17-13(3)23-14(4)18(21(25)27-12-6-2)19(17)15-7-9-16(22)10-8-15/h5-10,19,23H,1-2,11-12H2,3-4H3. The number of hydrogen-bond acceptors (Lipinski definition) is 5. The Bertz CT molecular complexity index is 775. The maximum Gasteiger partial charge on any atom is 0.337 e. The molecule has 0 amide bonds. The predicted octanol–water partition coefficient (Wildman–Crippen LogP) is 3.98. The molecule has 5 nitrogen and oxygen atoms in total. The Morgan fingerprint density at radius 3 is 1.85 bits per heavy atom. The summed E-state index contributed by atoms with van der Waals surface area (Å²) in [6.07, 6.45) is 3.01. The Balaban J connectivity index is 2.56. The lowest BCUT2D eigenvalue weighted by atomic mass is 9.80. The van der Waals surface area contributed by atoms with Gasteiger partial charge in [0.15, 0.2) is 0 Å². The first-order chi connectivity index (χ1) is 12.9. The number of allylic oxidation sites excluding steroid dienone is 2. The third-order valence-electron chi connectivity index (χ3n) is 4.07. The summed E-state index contributed by atoms with van der Waals surface area (Å²) < 4.78 is 11.6. The Hall–Kier alpha value is -2.35. The van der Waals surface area contributed by atoms with E-state index in [-0.39, 0.29) is 13.2 Å². The highest BCUT2D eigenvalue weighted by Crippen LogP contribution is 2.39. The van der Waals surface area contributed by atoms with Crippen LogP contribution in [0.15, 0.2) is 72.1 Å². The van der Waals surface area contributed by atoms with Crippen LogP contribution < -0.4 is 5.32 Å². The molecule has 142 valence electrons. The number of hydrogen-bond donors (Lipinski definition) is 1. The molecule has 1 aliphatic heterocycles. The average molecular weight is 479 g/mol. The zero-order valence-electron chi connectivity index (χ0n) is 15.4. The van der Waals surface area contributed by atoms with E-state index in [9.17, 15) is 9.59 Å². The smallest absolute Gasteiger partial charge is 0.337 e. The van der Waals surface area contributed by atoms with Gasteiger partial charge in [-0.2, -0.15) is 0 Å². The van der Waals surface area contributed by atoms with Crippen molar-refractivity contribution in [3.05, 3.63) is 81.2 Å². The predicted molar refractivity (Wildman–Crippen MR) is 113 cm³/mol. The van der Waals surface area contributed by atoms with Gasteiger partial charge in [-0.3, -0.25) is 0 Å². The molecule has 0 bridgehead atoms. The first-order valence-corrected chi connectivity index (χ1v) is 9.48. The number of rotatable bonds is 7. The lowest BCUT2D eigenvalue weighted by Gasteiger charge is -2.30. The topological polar surface area (TPSA) is 64.6 Å². The minimum atomic E-state index is -0.585. The first kappa shape index (κ1) is 21.0. The van der Waals surface area contributed by atoms with Crippen molar-refractivity contribution in [2.75, 3.05) is 13.2 Å². The molecule has 1 aliphatic rings. The molecule has 2 rings (SSSR count). The minimum Gasteiger partial charge on any atom is -0.458 e. The van der Waals surface area contributed by atoms with E-state index in [2.05, 4.69) is 41.1 Å². The molecule has 0 saturated carbocycles. The maximum absolute atomic E-state index is 12.7. The quantitative estimate of drug-likeness (QED) is 0.364. The van der Waals surface area contributed by atoms with E-state index >= 15 is 0 Å². The van der Waals surface area contributed by atoms with Crippen molar-refractivity contribution < 1.29 is 19.1 Å². The summed E-state index contributed by atoms with van der Waals surface area (Å²) in [4.78, 5) is 25.5.